The Kier molecular flexibility index (Phi) is 4.94. The van der Waals surface area contributed by atoms with Gasteiger partial charge in [-0.05, 0) is 19.9 Å². The van der Waals surface area contributed by atoms with Gasteiger partial charge >= 0.3 is 0 Å². The molecule has 0 aromatic heterocycles. The summed E-state index contributed by atoms with van der Waals surface area (Å²) in [4.78, 5) is 0. The van der Waals surface area contributed by atoms with Crippen molar-refractivity contribution in [1.82, 2.24) is 5.32 Å². The van der Waals surface area contributed by atoms with Crippen LogP contribution in [-0.4, -0.2) is 31.8 Å². The van der Waals surface area contributed by atoms with Gasteiger partial charge in [0.05, 0.1) is 6.61 Å². The Morgan fingerprint density at radius 2 is 2.15 bits per heavy atom. The quantitative estimate of drug-likeness (QED) is 0.814. The molecular formula is C15H21F2NO2. The van der Waals surface area contributed by atoms with Crippen LogP contribution in [0.2, 0.25) is 0 Å². The highest BCUT2D eigenvalue weighted by Gasteiger charge is 2.32. The van der Waals surface area contributed by atoms with E-state index in [0.29, 0.717) is 6.54 Å². The van der Waals surface area contributed by atoms with Crippen molar-refractivity contribution in [2.24, 2.45) is 0 Å². The number of alkyl halides is 2. The van der Waals surface area contributed by atoms with Crippen molar-refractivity contribution in [3.05, 3.63) is 29.8 Å². The van der Waals surface area contributed by atoms with Crippen LogP contribution >= 0.6 is 0 Å². The summed E-state index contributed by atoms with van der Waals surface area (Å²) in [5, 5.41) is 3.36. The fourth-order valence-electron chi connectivity index (χ4n) is 2.46. The van der Waals surface area contributed by atoms with Crippen LogP contribution in [-0.2, 0) is 4.74 Å². The minimum Gasteiger partial charge on any atom is -0.487 e. The van der Waals surface area contributed by atoms with E-state index in [1.807, 2.05) is 38.1 Å². The molecule has 0 bridgehead atoms. The molecule has 112 valence electrons. The Bertz CT molecular complexity index is 438. The normalized spacial score (nSPS) is 20.6. The number of para-hydroxylation sites is 1. The largest absolute Gasteiger partial charge is 0.487 e. The standard InChI is InChI=1S/C15H21F2NO2/c1-15(2)9-12(18-7-8-19-10-14(16)17)11-5-3-4-6-13(11)20-15/h3-6,12,14,18H,7-10H2,1-2H3. The first-order valence-electron chi connectivity index (χ1n) is 6.85. The molecule has 1 N–H and O–H groups in total. The second kappa shape index (κ2) is 6.50. The molecule has 2 rings (SSSR count). The third kappa shape index (κ3) is 4.15. The molecule has 0 saturated heterocycles. The molecule has 1 unspecified atom stereocenters. The summed E-state index contributed by atoms with van der Waals surface area (Å²) in [6.45, 7) is 4.42. The number of fused-ring (bicyclic) bond motifs is 1. The second-order valence-corrected chi connectivity index (χ2v) is 5.58. The number of rotatable bonds is 6. The van der Waals surface area contributed by atoms with Gasteiger partial charge in [0, 0.05) is 24.6 Å². The first-order chi connectivity index (χ1) is 9.48. The number of halogens is 2. The van der Waals surface area contributed by atoms with E-state index in [-0.39, 0.29) is 18.2 Å². The van der Waals surface area contributed by atoms with E-state index in [2.05, 4.69) is 5.32 Å². The minimum atomic E-state index is -2.40. The fraction of sp³-hybridized carbons (Fsp3) is 0.600. The molecule has 0 radical (unpaired) electrons. The van der Waals surface area contributed by atoms with Crippen LogP contribution < -0.4 is 10.1 Å². The minimum absolute atomic E-state index is 0.157. The van der Waals surface area contributed by atoms with E-state index >= 15 is 0 Å². The molecule has 1 aliphatic heterocycles. The number of hydrogen-bond donors (Lipinski definition) is 1. The van der Waals surface area contributed by atoms with Crippen LogP contribution in [0.4, 0.5) is 8.78 Å². The van der Waals surface area contributed by atoms with E-state index < -0.39 is 13.0 Å². The van der Waals surface area contributed by atoms with Gasteiger partial charge in [-0.25, -0.2) is 8.78 Å². The average Bonchev–Trinajstić information content (AvgIpc) is 2.36. The van der Waals surface area contributed by atoms with Gasteiger partial charge in [0.15, 0.2) is 0 Å². The van der Waals surface area contributed by atoms with Crippen molar-refractivity contribution in [2.45, 2.75) is 38.3 Å². The molecule has 5 heteroatoms. The van der Waals surface area contributed by atoms with Crippen LogP contribution in [0.15, 0.2) is 24.3 Å². The first-order valence-corrected chi connectivity index (χ1v) is 6.85. The van der Waals surface area contributed by atoms with E-state index in [0.717, 1.165) is 17.7 Å². The lowest BCUT2D eigenvalue weighted by molar-refractivity contribution is 0.0162. The average molecular weight is 285 g/mol. The number of ether oxygens (including phenoxy) is 2. The van der Waals surface area contributed by atoms with Gasteiger partial charge in [0.2, 0.25) is 0 Å². The van der Waals surface area contributed by atoms with Gasteiger partial charge < -0.3 is 14.8 Å². The summed E-state index contributed by atoms with van der Waals surface area (Å²) in [5.41, 5.74) is 0.872. The van der Waals surface area contributed by atoms with E-state index in [1.165, 1.54) is 0 Å². The van der Waals surface area contributed by atoms with Crippen molar-refractivity contribution in [3.8, 4) is 5.75 Å². The summed E-state index contributed by atoms with van der Waals surface area (Å²) < 4.78 is 34.7. The second-order valence-electron chi connectivity index (χ2n) is 5.58. The lowest BCUT2D eigenvalue weighted by Crippen LogP contribution is -2.40. The highest BCUT2D eigenvalue weighted by molar-refractivity contribution is 5.38. The summed E-state index contributed by atoms with van der Waals surface area (Å²) >= 11 is 0. The van der Waals surface area contributed by atoms with Gasteiger partial charge in [-0.15, -0.1) is 0 Å². The maximum absolute atomic E-state index is 12.0. The van der Waals surface area contributed by atoms with Crippen LogP contribution in [0.3, 0.4) is 0 Å². The predicted octanol–water partition coefficient (Wildman–Crippen LogP) is 3.16. The molecule has 0 aliphatic carbocycles. The molecule has 3 nitrogen and oxygen atoms in total. The van der Waals surface area contributed by atoms with Crippen LogP contribution in [0, 0.1) is 0 Å². The monoisotopic (exact) mass is 285 g/mol. The Morgan fingerprint density at radius 3 is 2.90 bits per heavy atom. The van der Waals surface area contributed by atoms with Gasteiger partial charge in [-0.2, -0.15) is 0 Å². The van der Waals surface area contributed by atoms with Crippen LogP contribution in [0.25, 0.3) is 0 Å². The smallest absolute Gasteiger partial charge is 0.261 e. The lowest BCUT2D eigenvalue weighted by Gasteiger charge is -2.38. The SMILES string of the molecule is CC1(C)CC(NCCOCC(F)F)c2ccccc2O1. The number of benzene rings is 1. The Hall–Kier alpha value is -1.20. The zero-order valence-corrected chi connectivity index (χ0v) is 11.9. The molecule has 0 saturated carbocycles. The van der Waals surface area contributed by atoms with Gasteiger partial charge in [0.25, 0.3) is 6.43 Å². The summed E-state index contributed by atoms with van der Waals surface area (Å²) in [6.07, 6.45) is -1.57. The first kappa shape index (κ1) is 15.2. The molecule has 1 aromatic carbocycles. The van der Waals surface area contributed by atoms with E-state index in [9.17, 15) is 8.78 Å². The molecule has 20 heavy (non-hydrogen) atoms. The number of hydrogen-bond acceptors (Lipinski definition) is 3. The number of nitrogens with one attached hydrogen (secondary N) is 1. The molecule has 1 heterocycles. The van der Waals surface area contributed by atoms with Gasteiger partial charge in [0.1, 0.15) is 18.0 Å². The highest BCUT2D eigenvalue weighted by Crippen LogP contribution is 2.38. The third-order valence-electron chi connectivity index (χ3n) is 3.26. The van der Waals surface area contributed by atoms with E-state index in [1.54, 1.807) is 0 Å². The fourth-order valence-corrected chi connectivity index (χ4v) is 2.46. The summed E-state index contributed by atoms with van der Waals surface area (Å²) in [6, 6.07) is 8.07. The highest BCUT2D eigenvalue weighted by atomic mass is 19.3. The van der Waals surface area contributed by atoms with Crippen LogP contribution in [0.1, 0.15) is 31.9 Å². The molecule has 0 amide bonds. The van der Waals surface area contributed by atoms with E-state index in [4.69, 9.17) is 9.47 Å². The van der Waals surface area contributed by atoms with Crippen molar-refractivity contribution in [2.75, 3.05) is 19.8 Å². The van der Waals surface area contributed by atoms with Crippen molar-refractivity contribution < 1.29 is 18.3 Å². The summed E-state index contributed by atoms with van der Waals surface area (Å²) in [7, 11) is 0. The molecule has 1 atom stereocenters. The molecular weight excluding hydrogens is 264 g/mol. The lowest BCUT2D eigenvalue weighted by atomic mass is 9.90. The Labute approximate surface area is 118 Å². The molecule has 0 spiro atoms. The van der Waals surface area contributed by atoms with Crippen molar-refractivity contribution in [3.63, 3.8) is 0 Å². The Balaban J connectivity index is 1.90. The maximum Gasteiger partial charge on any atom is 0.261 e. The van der Waals surface area contributed by atoms with Crippen LogP contribution in [0.5, 0.6) is 5.75 Å². The molecule has 1 aliphatic rings. The van der Waals surface area contributed by atoms with Crippen molar-refractivity contribution >= 4 is 0 Å². The maximum atomic E-state index is 12.0. The third-order valence-corrected chi connectivity index (χ3v) is 3.26. The molecule has 1 aromatic rings. The summed E-state index contributed by atoms with van der Waals surface area (Å²) in [5.74, 6) is 0.884. The zero-order valence-electron chi connectivity index (χ0n) is 11.9. The molecule has 0 fully saturated rings. The predicted molar refractivity (Wildman–Crippen MR) is 73.3 cm³/mol. The van der Waals surface area contributed by atoms with Gasteiger partial charge in [-0.3, -0.25) is 0 Å². The van der Waals surface area contributed by atoms with Gasteiger partial charge in [-0.1, -0.05) is 18.2 Å². The Morgan fingerprint density at radius 1 is 1.40 bits per heavy atom. The zero-order chi connectivity index (χ0) is 14.6. The van der Waals surface area contributed by atoms with Crippen molar-refractivity contribution in [1.29, 1.82) is 0 Å². The topological polar surface area (TPSA) is 30.5 Å².